The van der Waals surface area contributed by atoms with E-state index in [1.165, 1.54) is 6.92 Å². The first kappa shape index (κ1) is 10.4. The highest BCUT2D eigenvalue weighted by Crippen LogP contribution is 2.33. The summed E-state index contributed by atoms with van der Waals surface area (Å²) in [6.07, 6.45) is 0. The summed E-state index contributed by atoms with van der Waals surface area (Å²) in [7, 11) is 6.05. The molecule has 0 N–H and O–H groups in total. The molecule has 0 rings (SSSR count). The third-order valence-corrected chi connectivity index (χ3v) is 2.79. The quantitative estimate of drug-likeness (QED) is 0.520. The Morgan fingerprint density at radius 2 is 2.30 bits per heavy atom. The fraction of sp³-hybridized carbons (Fsp3) is 0.800. The molecule has 0 amide bonds. The van der Waals surface area contributed by atoms with Crippen molar-refractivity contribution in [3.05, 3.63) is 0 Å². The van der Waals surface area contributed by atoms with Gasteiger partial charge < -0.3 is 4.74 Å². The number of ether oxygens (including phenoxy) is 1. The van der Waals surface area contributed by atoms with Crippen molar-refractivity contribution in [3.63, 3.8) is 0 Å². The monoisotopic (exact) mass is 202 g/mol. The van der Waals surface area contributed by atoms with Gasteiger partial charge in [0.25, 0.3) is 0 Å². The Bertz CT molecular complexity index is 127. The van der Waals surface area contributed by atoms with E-state index < -0.39 is 10.2 Å². The van der Waals surface area contributed by atoms with Crippen molar-refractivity contribution in [2.45, 2.75) is 18.1 Å². The van der Waals surface area contributed by atoms with Crippen LogP contribution in [0.2, 0.25) is 0 Å². The first-order chi connectivity index (χ1) is 4.54. The number of carbonyl (C=O) groups excluding carboxylic acids is 1. The van der Waals surface area contributed by atoms with Gasteiger partial charge in [0.15, 0.2) is 4.21 Å². The number of alkyl halides is 1. The zero-order valence-electron chi connectivity index (χ0n) is 5.69. The van der Waals surface area contributed by atoms with Gasteiger partial charge in [-0.1, -0.05) is 11.6 Å². The SMILES string of the molecule is CCOC(=O)C(C)(Cl)SCl. The normalized spacial score (nSPS) is 16.0. The number of esters is 1. The second kappa shape index (κ2) is 4.31. The van der Waals surface area contributed by atoms with Gasteiger partial charge in [0.05, 0.1) is 6.61 Å². The summed E-state index contributed by atoms with van der Waals surface area (Å²) in [5.41, 5.74) is 0. The van der Waals surface area contributed by atoms with Gasteiger partial charge in [0.2, 0.25) is 0 Å². The molecule has 1 unspecified atom stereocenters. The van der Waals surface area contributed by atoms with E-state index in [9.17, 15) is 4.79 Å². The molecule has 0 aromatic carbocycles. The lowest BCUT2D eigenvalue weighted by atomic mass is 10.5. The molecule has 5 heteroatoms. The number of halogens is 2. The average Bonchev–Trinajstić information content (AvgIpc) is 1.89. The third-order valence-electron chi connectivity index (χ3n) is 0.785. The van der Waals surface area contributed by atoms with Crippen LogP contribution in [0.4, 0.5) is 0 Å². The van der Waals surface area contributed by atoms with E-state index in [2.05, 4.69) is 4.74 Å². The molecule has 2 nitrogen and oxygen atoms in total. The number of hydrogen-bond acceptors (Lipinski definition) is 3. The molecule has 0 aliphatic carbocycles. The Morgan fingerprint density at radius 1 is 1.80 bits per heavy atom. The van der Waals surface area contributed by atoms with Crippen LogP contribution < -0.4 is 0 Å². The molecule has 0 radical (unpaired) electrons. The van der Waals surface area contributed by atoms with Gasteiger partial charge in [-0.25, -0.2) is 4.79 Å². The van der Waals surface area contributed by atoms with Crippen LogP contribution in [0.25, 0.3) is 0 Å². The van der Waals surface area contributed by atoms with Crippen LogP contribution in [0.3, 0.4) is 0 Å². The summed E-state index contributed by atoms with van der Waals surface area (Å²) >= 11 is 5.61. The molecule has 0 fully saturated rings. The standard InChI is InChI=1S/C5H8Cl2O2S/c1-3-9-4(8)5(2,6)10-7/h3H2,1-2H3. The number of rotatable bonds is 3. The van der Waals surface area contributed by atoms with E-state index >= 15 is 0 Å². The summed E-state index contributed by atoms with van der Waals surface area (Å²) in [6, 6.07) is 0. The zero-order valence-corrected chi connectivity index (χ0v) is 8.02. The fourth-order valence-electron chi connectivity index (χ4n) is 0.292. The van der Waals surface area contributed by atoms with Crippen molar-refractivity contribution >= 4 is 39.2 Å². The third kappa shape index (κ3) is 2.99. The van der Waals surface area contributed by atoms with Crippen molar-refractivity contribution in [3.8, 4) is 0 Å². The smallest absolute Gasteiger partial charge is 0.338 e. The molecule has 0 bridgehead atoms. The molecule has 0 aromatic rings. The highest BCUT2D eigenvalue weighted by Gasteiger charge is 2.32. The minimum atomic E-state index is -1.16. The van der Waals surface area contributed by atoms with E-state index in [0.29, 0.717) is 6.61 Å². The van der Waals surface area contributed by atoms with Crippen LogP contribution in [0.15, 0.2) is 0 Å². The summed E-state index contributed by atoms with van der Waals surface area (Å²) < 4.78 is 3.47. The molecular weight excluding hydrogens is 195 g/mol. The van der Waals surface area contributed by atoms with E-state index in [-0.39, 0.29) is 0 Å². The Morgan fingerprint density at radius 3 is 2.60 bits per heavy atom. The Labute approximate surface area is 73.7 Å². The maximum absolute atomic E-state index is 10.8. The largest absolute Gasteiger partial charge is 0.464 e. The van der Waals surface area contributed by atoms with Gasteiger partial charge in [0, 0.05) is 0 Å². The summed E-state index contributed by atoms with van der Waals surface area (Å²) in [4.78, 5) is 10.8. The highest BCUT2D eigenvalue weighted by atomic mass is 35.7. The van der Waals surface area contributed by atoms with Crippen molar-refractivity contribution in [1.82, 2.24) is 0 Å². The van der Waals surface area contributed by atoms with Gasteiger partial charge in [-0.15, -0.1) is 0 Å². The molecule has 1 atom stereocenters. The number of hydrogen-bond donors (Lipinski definition) is 0. The molecule has 0 aliphatic heterocycles. The average molecular weight is 203 g/mol. The van der Waals surface area contributed by atoms with E-state index in [1.54, 1.807) is 6.92 Å². The van der Waals surface area contributed by atoms with Crippen LogP contribution in [0, 0.1) is 0 Å². The fourth-order valence-corrected chi connectivity index (χ4v) is 0.657. The summed E-state index contributed by atoms with van der Waals surface area (Å²) in [5, 5.41) is 0. The lowest BCUT2D eigenvalue weighted by molar-refractivity contribution is -0.143. The van der Waals surface area contributed by atoms with Gasteiger partial charge in [0.1, 0.15) is 0 Å². The molecule has 0 heterocycles. The van der Waals surface area contributed by atoms with Crippen LogP contribution in [0.1, 0.15) is 13.8 Å². The van der Waals surface area contributed by atoms with Crippen LogP contribution in [0.5, 0.6) is 0 Å². The lowest BCUT2D eigenvalue weighted by Gasteiger charge is -2.14. The molecular formula is C5H8Cl2O2S. The molecule has 60 valence electrons. The maximum Gasteiger partial charge on any atom is 0.338 e. The molecule has 0 aromatic heterocycles. The van der Waals surface area contributed by atoms with E-state index in [4.69, 9.17) is 22.3 Å². The van der Waals surface area contributed by atoms with Crippen molar-refractivity contribution < 1.29 is 9.53 Å². The Kier molecular flexibility index (Phi) is 4.49. The highest BCUT2D eigenvalue weighted by molar-refractivity contribution is 8.23. The van der Waals surface area contributed by atoms with Gasteiger partial charge >= 0.3 is 5.97 Å². The summed E-state index contributed by atoms with van der Waals surface area (Å²) in [5.74, 6) is -0.503. The minimum absolute atomic E-state index is 0.318. The van der Waals surface area contributed by atoms with Crippen LogP contribution >= 0.6 is 33.3 Å². The topological polar surface area (TPSA) is 26.3 Å². The van der Waals surface area contributed by atoms with E-state index in [0.717, 1.165) is 11.0 Å². The van der Waals surface area contributed by atoms with Crippen molar-refractivity contribution in [2.24, 2.45) is 0 Å². The van der Waals surface area contributed by atoms with Crippen LogP contribution in [-0.2, 0) is 9.53 Å². The van der Waals surface area contributed by atoms with Gasteiger partial charge in [-0.3, -0.25) is 0 Å². The second-order valence-corrected chi connectivity index (χ2v) is 4.13. The molecule has 0 saturated carbocycles. The molecule has 10 heavy (non-hydrogen) atoms. The van der Waals surface area contributed by atoms with E-state index in [1.807, 2.05) is 0 Å². The second-order valence-electron chi connectivity index (χ2n) is 1.71. The molecule has 0 spiro atoms. The predicted molar refractivity (Wildman–Crippen MR) is 44.3 cm³/mol. The zero-order chi connectivity index (χ0) is 8.20. The number of carbonyl (C=O) groups is 1. The lowest BCUT2D eigenvalue weighted by Crippen LogP contribution is -2.25. The first-order valence-electron chi connectivity index (χ1n) is 2.70. The van der Waals surface area contributed by atoms with Crippen LogP contribution in [-0.4, -0.2) is 16.8 Å². The Hall–Kier alpha value is 0.400. The first-order valence-corrected chi connectivity index (χ1v) is 4.72. The Balaban J connectivity index is 3.91. The maximum atomic E-state index is 10.8. The molecule has 0 saturated heterocycles. The minimum Gasteiger partial charge on any atom is -0.464 e. The van der Waals surface area contributed by atoms with Gasteiger partial charge in [-0.2, -0.15) is 0 Å². The van der Waals surface area contributed by atoms with Crippen molar-refractivity contribution in [1.29, 1.82) is 0 Å². The van der Waals surface area contributed by atoms with Crippen molar-refractivity contribution in [2.75, 3.05) is 6.61 Å². The van der Waals surface area contributed by atoms with Gasteiger partial charge in [-0.05, 0) is 35.5 Å². The predicted octanol–water partition coefficient (Wildman–Crippen LogP) is 2.39. The summed E-state index contributed by atoms with van der Waals surface area (Å²) in [6.45, 7) is 3.52. The molecule has 0 aliphatic rings.